The number of rotatable bonds is 2. The molecule has 24 heavy (non-hydrogen) atoms. The molecule has 1 spiro atoms. The number of esters is 1. The largest absolute Gasteiger partial charge is 0.508 e. The Morgan fingerprint density at radius 3 is 2.29 bits per heavy atom. The second kappa shape index (κ2) is 4.73. The van der Waals surface area contributed by atoms with Crippen LogP contribution in [-0.2, 0) is 25.1 Å². The van der Waals surface area contributed by atoms with Gasteiger partial charge in [0.25, 0.3) is 0 Å². The van der Waals surface area contributed by atoms with Gasteiger partial charge in [-0.25, -0.2) is 4.89 Å². The molecular weight excluding hydrogens is 308 g/mol. The van der Waals surface area contributed by atoms with E-state index < -0.39 is 17.4 Å². The molecule has 5 aliphatic rings. The first-order valence-electron chi connectivity index (χ1n) is 8.89. The molecule has 1 N–H and O–H groups in total. The number of benzene rings is 1. The zero-order valence-electron chi connectivity index (χ0n) is 13.7. The molecule has 1 heterocycles. The molecule has 4 saturated carbocycles. The van der Waals surface area contributed by atoms with E-state index in [9.17, 15) is 9.90 Å². The lowest BCUT2D eigenvalue weighted by atomic mass is 9.47. The van der Waals surface area contributed by atoms with Crippen molar-refractivity contribution in [2.75, 3.05) is 0 Å². The van der Waals surface area contributed by atoms with Crippen LogP contribution in [0.4, 0.5) is 0 Å². The highest BCUT2D eigenvalue weighted by Crippen LogP contribution is 2.69. The van der Waals surface area contributed by atoms with Gasteiger partial charge in [0.15, 0.2) is 5.60 Å². The maximum atomic E-state index is 11.9. The summed E-state index contributed by atoms with van der Waals surface area (Å²) < 4.78 is 5.80. The predicted octanol–water partition coefficient (Wildman–Crippen LogP) is 3.26. The number of carbonyl (C=O) groups excluding carboxylic acids is 1. The molecule has 1 aromatic carbocycles. The van der Waals surface area contributed by atoms with E-state index >= 15 is 0 Å². The van der Waals surface area contributed by atoms with Crippen molar-refractivity contribution < 1.29 is 24.4 Å². The summed E-state index contributed by atoms with van der Waals surface area (Å²) in [6, 6.07) is 6.83. The fourth-order valence-corrected chi connectivity index (χ4v) is 6.11. The number of aromatic hydroxyl groups is 1. The monoisotopic (exact) mass is 330 g/mol. The molecule has 1 aliphatic heterocycles. The zero-order chi connectivity index (χ0) is 16.5. The van der Waals surface area contributed by atoms with Gasteiger partial charge < -0.3 is 9.84 Å². The lowest BCUT2D eigenvalue weighted by Crippen LogP contribution is -2.77. The van der Waals surface area contributed by atoms with Gasteiger partial charge in [0, 0.05) is 12.5 Å². The molecule has 5 nitrogen and oxygen atoms in total. The third kappa shape index (κ3) is 1.69. The molecule has 5 heteroatoms. The molecular formula is C19H22O5. The minimum absolute atomic E-state index is 0.133. The van der Waals surface area contributed by atoms with E-state index in [1.54, 1.807) is 18.2 Å². The van der Waals surface area contributed by atoms with E-state index in [1.165, 1.54) is 13.3 Å². The Balaban J connectivity index is 1.64. The molecule has 4 bridgehead atoms. The third-order valence-corrected chi connectivity index (χ3v) is 6.68. The van der Waals surface area contributed by atoms with Gasteiger partial charge in [0.05, 0.1) is 0 Å². The van der Waals surface area contributed by atoms with Crippen LogP contribution in [0.15, 0.2) is 24.3 Å². The summed E-state index contributed by atoms with van der Waals surface area (Å²) in [5, 5.41) is 9.93. The third-order valence-electron chi connectivity index (χ3n) is 6.68. The fourth-order valence-electron chi connectivity index (χ4n) is 6.11. The average Bonchev–Trinajstić information content (AvgIpc) is 2.50. The van der Waals surface area contributed by atoms with Crippen molar-refractivity contribution in [3.8, 4) is 5.75 Å². The van der Waals surface area contributed by atoms with Crippen molar-refractivity contribution >= 4 is 5.97 Å². The topological polar surface area (TPSA) is 65.0 Å². The lowest BCUT2D eigenvalue weighted by Gasteiger charge is -2.68. The first kappa shape index (κ1) is 14.7. The van der Waals surface area contributed by atoms with Gasteiger partial charge in [-0.05, 0) is 67.9 Å². The van der Waals surface area contributed by atoms with E-state index in [-0.39, 0.29) is 5.75 Å². The number of ether oxygens (including phenoxy) is 1. The van der Waals surface area contributed by atoms with Gasteiger partial charge in [-0.1, -0.05) is 12.1 Å². The Morgan fingerprint density at radius 2 is 1.79 bits per heavy atom. The Bertz CT molecular complexity index is 671. The van der Waals surface area contributed by atoms with Crippen LogP contribution >= 0.6 is 0 Å². The van der Waals surface area contributed by atoms with E-state index in [1.807, 2.05) is 6.07 Å². The van der Waals surface area contributed by atoms with Gasteiger partial charge in [0.1, 0.15) is 5.75 Å². The molecule has 1 aromatic rings. The predicted molar refractivity (Wildman–Crippen MR) is 83.5 cm³/mol. The van der Waals surface area contributed by atoms with Crippen LogP contribution < -0.4 is 0 Å². The summed E-state index contributed by atoms with van der Waals surface area (Å²) in [6.07, 6.45) is 5.77. The lowest BCUT2D eigenvalue weighted by molar-refractivity contribution is -0.640. The highest BCUT2D eigenvalue weighted by atomic mass is 17.3. The first-order chi connectivity index (χ1) is 11.5. The Morgan fingerprint density at radius 1 is 1.12 bits per heavy atom. The number of hydrogen-bond acceptors (Lipinski definition) is 5. The van der Waals surface area contributed by atoms with Crippen molar-refractivity contribution in [2.45, 2.75) is 50.4 Å². The van der Waals surface area contributed by atoms with E-state index in [4.69, 9.17) is 14.5 Å². The molecule has 1 saturated heterocycles. The average molecular weight is 330 g/mol. The van der Waals surface area contributed by atoms with Gasteiger partial charge >= 0.3 is 11.8 Å². The molecule has 1 unspecified atom stereocenters. The highest BCUT2D eigenvalue weighted by molar-refractivity contribution is 5.67. The molecule has 128 valence electrons. The van der Waals surface area contributed by atoms with Crippen LogP contribution in [0.1, 0.15) is 44.6 Å². The van der Waals surface area contributed by atoms with Crippen LogP contribution in [0.3, 0.4) is 0 Å². The van der Waals surface area contributed by atoms with Gasteiger partial charge in [0.2, 0.25) is 0 Å². The summed E-state index contributed by atoms with van der Waals surface area (Å²) >= 11 is 0. The minimum atomic E-state index is -1.24. The smallest absolute Gasteiger partial charge is 0.305 e. The van der Waals surface area contributed by atoms with Crippen molar-refractivity contribution in [1.82, 2.24) is 0 Å². The number of carbonyl (C=O) groups is 1. The molecule has 4 aliphatic carbocycles. The Labute approximate surface area is 140 Å². The van der Waals surface area contributed by atoms with Crippen molar-refractivity contribution in [3.63, 3.8) is 0 Å². The second-order valence-corrected chi connectivity index (χ2v) is 8.02. The molecule has 1 atom stereocenters. The molecule has 0 aromatic heterocycles. The van der Waals surface area contributed by atoms with Crippen molar-refractivity contribution in [2.24, 2.45) is 23.7 Å². The second-order valence-electron chi connectivity index (χ2n) is 8.02. The molecule has 0 amide bonds. The standard InChI is InChI=1S/C19H22O5/c1-11(20)22-19(14-3-2-4-17(21)10-14)18(23-24-19)15-6-12-5-13(8-15)9-16(18)7-12/h2-4,10,12-13,15-16,21H,5-9H2,1H3. The fraction of sp³-hybridized carbons (Fsp3) is 0.632. The first-order valence-corrected chi connectivity index (χ1v) is 8.89. The number of hydrogen-bond donors (Lipinski definition) is 1. The van der Waals surface area contributed by atoms with Gasteiger partial charge in [-0.15, -0.1) is 0 Å². The highest BCUT2D eigenvalue weighted by Gasteiger charge is 2.78. The summed E-state index contributed by atoms with van der Waals surface area (Å²) in [5.41, 5.74) is 0.0521. The summed E-state index contributed by atoms with van der Waals surface area (Å²) in [5.74, 6) is 0.708. The minimum Gasteiger partial charge on any atom is -0.508 e. The Hall–Kier alpha value is -1.59. The van der Waals surface area contributed by atoms with Crippen molar-refractivity contribution in [1.29, 1.82) is 0 Å². The van der Waals surface area contributed by atoms with Crippen LogP contribution in [-0.4, -0.2) is 16.7 Å². The maximum Gasteiger partial charge on any atom is 0.305 e. The van der Waals surface area contributed by atoms with E-state index in [0.717, 1.165) is 37.5 Å². The van der Waals surface area contributed by atoms with Gasteiger partial charge in [-0.2, -0.15) is 4.89 Å². The van der Waals surface area contributed by atoms with Gasteiger partial charge in [-0.3, -0.25) is 4.79 Å². The van der Waals surface area contributed by atoms with E-state index in [0.29, 0.717) is 17.4 Å². The van der Waals surface area contributed by atoms with Crippen LogP contribution in [0.5, 0.6) is 5.75 Å². The molecule has 0 radical (unpaired) electrons. The maximum absolute atomic E-state index is 11.9. The normalized spacial score (nSPS) is 45.2. The van der Waals surface area contributed by atoms with Crippen LogP contribution in [0.2, 0.25) is 0 Å². The van der Waals surface area contributed by atoms with E-state index in [2.05, 4.69) is 0 Å². The summed E-state index contributed by atoms with van der Waals surface area (Å²) in [4.78, 5) is 23.4. The SMILES string of the molecule is CC(=O)OC1(c2cccc(O)c2)OOC12C1CC3CC(C1)CC2C3. The summed E-state index contributed by atoms with van der Waals surface area (Å²) in [7, 11) is 0. The molecule has 6 rings (SSSR count). The number of phenols is 1. The zero-order valence-corrected chi connectivity index (χ0v) is 13.7. The summed E-state index contributed by atoms with van der Waals surface area (Å²) in [6.45, 7) is 1.40. The van der Waals surface area contributed by atoms with Crippen molar-refractivity contribution in [3.05, 3.63) is 29.8 Å². The number of phenolic OH excluding ortho intramolecular Hbond substituents is 1. The van der Waals surface area contributed by atoms with Crippen LogP contribution in [0, 0.1) is 23.7 Å². The quantitative estimate of drug-likeness (QED) is 0.666. The van der Waals surface area contributed by atoms with Crippen LogP contribution in [0.25, 0.3) is 0 Å². The Kier molecular flexibility index (Phi) is 2.90. The molecule has 5 fully saturated rings.